The van der Waals surface area contributed by atoms with Crippen molar-refractivity contribution >= 4 is 11.8 Å². The van der Waals surface area contributed by atoms with Crippen molar-refractivity contribution in [2.75, 3.05) is 31.1 Å². The van der Waals surface area contributed by atoms with E-state index < -0.39 is 0 Å². The molecule has 174 valence electrons. The second kappa shape index (κ2) is 11.3. The summed E-state index contributed by atoms with van der Waals surface area (Å²) in [6.07, 6.45) is 10.9. The van der Waals surface area contributed by atoms with Gasteiger partial charge in [0.05, 0.1) is 0 Å². The first-order valence-corrected chi connectivity index (χ1v) is 12.4. The Bertz CT molecular complexity index is 865. The smallest absolute Gasteiger partial charge is 0.191 e. The first kappa shape index (κ1) is 22.6. The molecule has 0 amide bonds. The summed E-state index contributed by atoms with van der Waals surface area (Å²) in [5, 5.41) is 15.9. The first-order chi connectivity index (χ1) is 15.7. The van der Waals surface area contributed by atoms with Crippen molar-refractivity contribution in [3.05, 3.63) is 35.5 Å². The lowest BCUT2D eigenvalue weighted by Crippen LogP contribution is -2.49. The third-order valence-electron chi connectivity index (χ3n) is 6.41. The summed E-state index contributed by atoms with van der Waals surface area (Å²) in [6.45, 7) is 8.97. The number of hydrogen-bond donors (Lipinski definition) is 2. The van der Waals surface area contributed by atoms with Gasteiger partial charge in [-0.2, -0.15) is 0 Å². The Balaban J connectivity index is 1.24. The van der Waals surface area contributed by atoms with Crippen molar-refractivity contribution in [3.8, 4) is 0 Å². The minimum atomic E-state index is 0.446. The Kier molecular flexibility index (Phi) is 7.96. The highest BCUT2D eigenvalue weighted by molar-refractivity contribution is 5.80. The molecule has 2 aromatic rings. The van der Waals surface area contributed by atoms with Gasteiger partial charge < -0.3 is 20.1 Å². The standard InChI is InChI=1S/C24H38N8/c1-3-25-24(26-14-7-9-23-30-29-22-8-5-4-6-15-32(22)23)28-20-12-16-31(17-13-20)21-11-10-19(2)18-27-21/h10-11,18,20H,3-9,12-17H2,1-2H3,(H2,25,26,28). The average molecular weight is 439 g/mol. The van der Waals surface area contributed by atoms with Crippen molar-refractivity contribution < 1.29 is 0 Å². The van der Waals surface area contributed by atoms with Gasteiger partial charge in [-0.1, -0.05) is 12.5 Å². The zero-order valence-electron chi connectivity index (χ0n) is 19.7. The fourth-order valence-electron chi connectivity index (χ4n) is 4.57. The molecule has 0 saturated carbocycles. The Labute approximate surface area is 191 Å². The van der Waals surface area contributed by atoms with Crippen molar-refractivity contribution in [1.82, 2.24) is 30.4 Å². The highest BCUT2D eigenvalue weighted by Crippen LogP contribution is 2.18. The van der Waals surface area contributed by atoms with E-state index in [2.05, 4.69) is 61.3 Å². The second-order valence-electron chi connectivity index (χ2n) is 8.96. The van der Waals surface area contributed by atoms with Gasteiger partial charge in [-0.05, 0) is 57.6 Å². The van der Waals surface area contributed by atoms with Gasteiger partial charge in [0.15, 0.2) is 5.96 Å². The number of nitrogens with one attached hydrogen (secondary N) is 2. The summed E-state index contributed by atoms with van der Waals surface area (Å²) < 4.78 is 2.34. The predicted molar refractivity (Wildman–Crippen MR) is 129 cm³/mol. The first-order valence-electron chi connectivity index (χ1n) is 12.4. The number of pyridine rings is 1. The molecule has 0 spiro atoms. The molecule has 2 aromatic heterocycles. The van der Waals surface area contributed by atoms with Crippen molar-refractivity contribution in [3.63, 3.8) is 0 Å². The maximum Gasteiger partial charge on any atom is 0.191 e. The topological polar surface area (TPSA) is 83.3 Å². The zero-order valence-corrected chi connectivity index (χ0v) is 19.7. The van der Waals surface area contributed by atoms with Crippen LogP contribution in [-0.4, -0.2) is 57.9 Å². The van der Waals surface area contributed by atoms with E-state index in [-0.39, 0.29) is 0 Å². The van der Waals surface area contributed by atoms with Crippen LogP contribution in [0.2, 0.25) is 0 Å². The number of aryl methyl sites for hydroxylation is 3. The number of fused-ring (bicyclic) bond motifs is 1. The van der Waals surface area contributed by atoms with Gasteiger partial charge in [0.25, 0.3) is 0 Å². The lowest BCUT2D eigenvalue weighted by Gasteiger charge is -2.33. The molecule has 0 unspecified atom stereocenters. The maximum absolute atomic E-state index is 4.84. The Morgan fingerprint density at radius 2 is 2.00 bits per heavy atom. The van der Waals surface area contributed by atoms with Gasteiger partial charge >= 0.3 is 0 Å². The van der Waals surface area contributed by atoms with E-state index in [1.54, 1.807) is 0 Å². The van der Waals surface area contributed by atoms with Crippen LogP contribution in [0.5, 0.6) is 0 Å². The molecule has 0 atom stereocenters. The summed E-state index contributed by atoms with van der Waals surface area (Å²) in [5.41, 5.74) is 1.20. The molecule has 2 aliphatic heterocycles. The molecule has 1 fully saturated rings. The number of anilines is 1. The molecule has 4 rings (SSSR count). The van der Waals surface area contributed by atoms with E-state index in [1.165, 1.54) is 30.7 Å². The van der Waals surface area contributed by atoms with Crippen LogP contribution in [0.15, 0.2) is 23.3 Å². The molecule has 2 aliphatic rings. The molecule has 8 nitrogen and oxygen atoms in total. The number of aliphatic imine (C=N–C) groups is 1. The van der Waals surface area contributed by atoms with Gasteiger partial charge in [0.1, 0.15) is 17.5 Å². The molecular weight excluding hydrogens is 400 g/mol. The van der Waals surface area contributed by atoms with Crippen molar-refractivity contribution in [2.45, 2.75) is 77.8 Å². The van der Waals surface area contributed by atoms with Crippen LogP contribution >= 0.6 is 0 Å². The molecule has 2 N–H and O–H groups in total. The van der Waals surface area contributed by atoms with Crippen molar-refractivity contribution in [2.24, 2.45) is 4.99 Å². The summed E-state index contributed by atoms with van der Waals surface area (Å²) in [6, 6.07) is 4.71. The minimum absolute atomic E-state index is 0.446. The van der Waals surface area contributed by atoms with Crippen LogP contribution in [0.4, 0.5) is 5.82 Å². The number of hydrogen-bond acceptors (Lipinski definition) is 5. The third kappa shape index (κ3) is 5.99. The SMILES string of the molecule is CCNC(=NCCCc1nnc2n1CCCCC2)NC1CCN(c2ccc(C)cn2)CC1. The number of piperidine rings is 1. The van der Waals surface area contributed by atoms with E-state index >= 15 is 0 Å². The van der Waals surface area contributed by atoms with Gasteiger partial charge in [0.2, 0.25) is 0 Å². The Morgan fingerprint density at radius 1 is 1.12 bits per heavy atom. The van der Waals surface area contributed by atoms with E-state index in [4.69, 9.17) is 4.99 Å². The lowest BCUT2D eigenvalue weighted by molar-refractivity contribution is 0.459. The molecule has 0 radical (unpaired) electrons. The quantitative estimate of drug-likeness (QED) is 0.393. The Morgan fingerprint density at radius 3 is 2.78 bits per heavy atom. The molecule has 0 bridgehead atoms. The molecule has 8 heteroatoms. The maximum atomic E-state index is 4.84. The molecule has 32 heavy (non-hydrogen) atoms. The molecule has 0 aromatic carbocycles. The molecule has 0 aliphatic carbocycles. The predicted octanol–water partition coefficient (Wildman–Crippen LogP) is 2.86. The second-order valence-corrected chi connectivity index (χ2v) is 8.96. The van der Waals surface area contributed by atoms with Crippen LogP contribution in [0.3, 0.4) is 0 Å². The number of nitrogens with zero attached hydrogens (tertiary/aromatic N) is 6. The summed E-state index contributed by atoms with van der Waals surface area (Å²) in [7, 11) is 0. The minimum Gasteiger partial charge on any atom is -0.357 e. The highest BCUT2D eigenvalue weighted by atomic mass is 15.3. The normalized spacial score (nSPS) is 17.7. The zero-order chi connectivity index (χ0) is 22.2. The van der Waals surface area contributed by atoms with Crippen LogP contribution < -0.4 is 15.5 Å². The molecule has 4 heterocycles. The fraction of sp³-hybridized carbons (Fsp3) is 0.667. The number of rotatable bonds is 7. The number of guanidine groups is 1. The van der Waals surface area contributed by atoms with Crippen LogP contribution in [-0.2, 0) is 19.4 Å². The van der Waals surface area contributed by atoms with E-state index in [0.717, 1.165) is 82.4 Å². The third-order valence-corrected chi connectivity index (χ3v) is 6.41. The summed E-state index contributed by atoms with van der Waals surface area (Å²) in [4.78, 5) is 11.8. The Hall–Kier alpha value is -2.64. The number of aromatic nitrogens is 4. The van der Waals surface area contributed by atoms with Crippen LogP contribution in [0, 0.1) is 6.92 Å². The summed E-state index contributed by atoms with van der Waals surface area (Å²) >= 11 is 0. The largest absolute Gasteiger partial charge is 0.357 e. The van der Waals surface area contributed by atoms with E-state index in [0.29, 0.717) is 6.04 Å². The fourth-order valence-corrected chi connectivity index (χ4v) is 4.57. The van der Waals surface area contributed by atoms with Crippen LogP contribution in [0.1, 0.15) is 62.7 Å². The van der Waals surface area contributed by atoms with E-state index in [1.807, 2.05) is 6.20 Å². The van der Waals surface area contributed by atoms with Gasteiger partial charge in [0, 0.05) is 57.8 Å². The van der Waals surface area contributed by atoms with Crippen LogP contribution in [0.25, 0.3) is 0 Å². The molecule has 1 saturated heterocycles. The monoisotopic (exact) mass is 438 g/mol. The summed E-state index contributed by atoms with van der Waals surface area (Å²) in [5.74, 6) is 4.32. The van der Waals surface area contributed by atoms with Gasteiger partial charge in [-0.25, -0.2) is 4.98 Å². The van der Waals surface area contributed by atoms with Gasteiger partial charge in [-0.3, -0.25) is 4.99 Å². The van der Waals surface area contributed by atoms with Crippen molar-refractivity contribution in [1.29, 1.82) is 0 Å². The van der Waals surface area contributed by atoms with Gasteiger partial charge in [-0.15, -0.1) is 10.2 Å². The average Bonchev–Trinajstić information content (AvgIpc) is 3.03. The lowest BCUT2D eigenvalue weighted by atomic mass is 10.1. The molecular formula is C24H38N8. The highest BCUT2D eigenvalue weighted by Gasteiger charge is 2.21. The van der Waals surface area contributed by atoms with E-state index in [9.17, 15) is 0 Å².